The first-order valence-corrected chi connectivity index (χ1v) is 5.30. The summed E-state index contributed by atoms with van der Waals surface area (Å²) in [5.41, 5.74) is 6.05. The van der Waals surface area contributed by atoms with E-state index in [1.165, 1.54) is 18.2 Å². The Labute approximate surface area is 107 Å². The van der Waals surface area contributed by atoms with Gasteiger partial charge in [-0.15, -0.1) is 0 Å². The number of nitrogens with one attached hydrogen (secondary N) is 1. The zero-order valence-corrected chi connectivity index (χ0v) is 9.73. The van der Waals surface area contributed by atoms with Gasteiger partial charge in [0.15, 0.2) is 11.6 Å². The molecule has 0 spiro atoms. The predicted molar refractivity (Wildman–Crippen MR) is 65.0 cm³/mol. The van der Waals surface area contributed by atoms with Crippen molar-refractivity contribution in [2.45, 2.75) is 6.61 Å². The first-order valence-electron chi connectivity index (χ1n) is 5.30. The fourth-order valence-corrected chi connectivity index (χ4v) is 1.37. The molecule has 0 radical (unpaired) electrons. The Bertz CT molecular complexity index is 619. The molecular weight excluding hydrogens is 254 g/mol. The van der Waals surface area contributed by atoms with E-state index in [0.29, 0.717) is 5.56 Å². The van der Waals surface area contributed by atoms with Gasteiger partial charge in [-0.25, -0.2) is 13.8 Å². The monoisotopic (exact) mass is 264 g/mol. The highest BCUT2D eigenvalue weighted by Crippen LogP contribution is 2.13. The van der Waals surface area contributed by atoms with Crippen molar-refractivity contribution < 1.29 is 13.5 Å². The van der Waals surface area contributed by atoms with Gasteiger partial charge in [-0.1, -0.05) is 6.07 Å². The lowest BCUT2D eigenvalue weighted by Gasteiger charge is -2.06. The lowest BCUT2D eigenvalue weighted by molar-refractivity contribution is 0.280. The van der Waals surface area contributed by atoms with Gasteiger partial charge in [-0.05, 0) is 17.7 Å². The summed E-state index contributed by atoms with van der Waals surface area (Å²) < 4.78 is 31.2. The molecule has 2 aromatic rings. The second-order valence-electron chi connectivity index (χ2n) is 3.67. The molecule has 0 aliphatic carbocycles. The van der Waals surface area contributed by atoms with Crippen molar-refractivity contribution in [2.75, 3.05) is 5.73 Å². The van der Waals surface area contributed by atoms with Crippen LogP contribution in [-0.4, -0.2) is 16.2 Å². The molecule has 0 bridgehead atoms. The minimum absolute atomic E-state index is 0.0617. The zero-order chi connectivity index (χ0) is 13.8. The maximum Gasteiger partial charge on any atom is 0.318 e. The number of halogens is 2. The highest BCUT2D eigenvalue weighted by Gasteiger charge is 2.06. The minimum atomic E-state index is -0.722. The van der Waals surface area contributed by atoms with Crippen LogP contribution in [-0.2, 0) is 6.61 Å². The number of nitrogens with two attached hydrogens (primary N) is 1. The van der Waals surface area contributed by atoms with Crippen molar-refractivity contribution in [2.24, 2.45) is 0 Å². The van der Waals surface area contributed by atoms with Gasteiger partial charge in [0.1, 0.15) is 12.4 Å². The van der Waals surface area contributed by atoms with E-state index in [-0.39, 0.29) is 24.0 Å². The van der Waals surface area contributed by atoms with Crippen molar-refractivity contribution in [1.82, 2.24) is 9.97 Å². The quantitative estimate of drug-likeness (QED) is 0.826. The average molecular weight is 264 g/mol. The summed E-state index contributed by atoms with van der Waals surface area (Å²) in [5, 5.41) is 7.04. The maximum atomic E-state index is 13.2. The van der Waals surface area contributed by atoms with Gasteiger partial charge in [0.05, 0.1) is 6.20 Å². The summed E-state index contributed by atoms with van der Waals surface area (Å²) in [7, 11) is 0. The number of anilines is 1. The van der Waals surface area contributed by atoms with E-state index in [0.717, 1.165) is 12.4 Å². The first kappa shape index (κ1) is 12.9. The molecule has 1 heterocycles. The van der Waals surface area contributed by atoms with Gasteiger partial charge in [0.25, 0.3) is 0 Å². The van der Waals surface area contributed by atoms with Crippen molar-refractivity contribution in [1.29, 1.82) is 5.41 Å². The summed E-state index contributed by atoms with van der Waals surface area (Å²) in [6.45, 7) is 0.0617. The molecular formula is C12H10F2N4O. The molecule has 0 amide bonds. The lowest BCUT2D eigenvalue weighted by atomic mass is 10.1. The zero-order valence-electron chi connectivity index (χ0n) is 9.73. The standard InChI is InChI=1S/C12H10F2N4O/c13-9-2-1-7(3-8(9)4-15)6-19-12-17-5-10(14)11(16)18-12/h1-5,15H,6H2,(H2,16,17,18). The van der Waals surface area contributed by atoms with Crippen LogP contribution in [0.15, 0.2) is 24.4 Å². The molecule has 0 fully saturated rings. The van der Waals surface area contributed by atoms with Gasteiger partial charge in [0, 0.05) is 11.8 Å². The highest BCUT2D eigenvalue weighted by atomic mass is 19.1. The first-order chi connectivity index (χ1) is 9.10. The largest absolute Gasteiger partial charge is 0.459 e. The second kappa shape index (κ2) is 5.38. The average Bonchev–Trinajstić information content (AvgIpc) is 2.41. The fraction of sp³-hybridized carbons (Fsp3) is 0.0833. The molecule has 0 saturated carbocycles. The van der Waals surface area contributed by atoms with Crippen LogP contribution in [0.3, 0.4) is 0 Å². The topological polar surface area (TPSA) is 84.9 Å². The number of nitrogens with zero attached hydrogens (tertiary/aromatic N) is 2. The van der Waals surface area contributed by atoms with Gasteiger partial charge in [-0.2, -0.15) is 4.98 Å². The Morgan fingerprint density at radius 3 is 2.79 bits per heavy atom. The van der Waals surface area contributed by atoms with Crippen molar-refractivity contribution >= 4 is 12.0 Å². The van der Waals surface area contributed by atoms with Crippen LogP contribution in [0, 0.1) is 17.0 Å². The van der Waals surface area contributed by atoms with E-state index >= 15 is 0 Å². The van der Waals surface area contributed by atoms with E-state index in [9.17, 15) is 8.78 Å². The summed E-state index contributed by atoms with van der Waals surface area (Å²) >= 11 is 0. The Balaban J connectivity index is 2.09. The summed E-state index contributed by atoms with van der Waals surface area (Å²) in [4.78, 5) is 7.21. The summed E-state index contributed by atoms with van der Waals surface area (Å²) in [6, 6.07) is 4.14. The maximum absolute atomic E-state index is 13.2. The van der Waals surface area contributed by atoms with E-state index in [1.807, 2.05) is 0 Å². The molecule has 1 aromatic carbocycles. The smallest absolute Gasteiger partial charge is 0.318 e. The van der Waals surface area contributed by atoms with E-state index < -0.39 is 11.6 Å². The minimum Gasteiger partial charge on any atom is -0.459 e. The molecule has 0 unspecified atom stereocenters. The van der Waals surface area contributed by atoms with Crippen LogP contribution in [0.5, 0.6) is 6.01 Å². The molecule has 0 aliphatic rings. The van der Waals surface area contributed by atoms with Crippen LogP contribution < -0.4 is 10.5 Å². The number of ether oxygens (including phenoxy) is 1. The third-order valence-corrected chi connectivity index (χ3v) is 2.33. The number of hydrogen-bond acceptors (Lipinski definition) is 5. The van der Waals surface area contributed by atoms with E-state index in [1.54, 1.807) is 0 Å². The van der Waals surface area contributed by atoms with E-state index in [4.69, 9.17) is 15.9 Å². The Kier molecular flexibility index (Phi) is 3.65. The van der Waals surface area contributed by atoms with Crippen LogP contribution in [0.25, 0.3) is 0 Å². The Hall–Kier alpha value is -2.57. The Morgan fingerprint density at radius 2 is 2.11 bits per heavy atom. The number of hydrogen-bond donors (Lipinski definition) is 2. The third-order valence-electron chi connectivity index (χ3n) is 2.33. The fourth-order valence-electron chi connectivity index (χ4n) is 1.37. The normalized spacial score (nSPS) is 10.2. The molecule has 5 nitrogen and oxygen atoms in total. The van der Waals surface area contributed by atoms with Crippen LogP contribution in [0.1, 0.15) is 11.1 Å². The van der Waals surface area contributed by atoms with Gasteiger partial charge < -0.3 is 15.9 Å². The van der Waals surface area contributed by atoms with Crippen LogP contribution in [0.2, 0.25) is 0 Å². The van der Waals surface area contributed by atoms with Gasteiger partial charge in [-0.3, -0.25) is 0 Å². The molecule has 19 heavy (non-hydrogen) atoms. The van der Waals surface area contributed by atoms with Crippen molar-refractivity contribution in [3.63, 3.8) is 0 Å². The highest BCUT2D eigenvalue weighted by molar-refractivity contribution is 5.77. The molecule has 1 aromatic heterocycles. The lowest BCUT2D eigenvalue weighted by Crippen LogP contribution is -2.04. The number of rotatable bonds is 4. The Morgan fingerprint density at radius 1 is 1.32 bits per heavy atom. The van der Waals surface area contributed by atoms with Gasteiger partial charge in [0.2, 0.25) is 0 Å². The number of benzene rings is 1. The van der Waals surface area contributed by atoms with Crippen molar-refractivity contribution in [3.8, 4) is 6.01 Å². The molecule has 0 saturated heterocycles. The van der Waals surface area contributed by atoms with Crippen molar-refractivity contribution in [3.05, 3.63) is 47.2 Å². The number of nitrogen functional groups attached to an aromatic ring is 1. The summed E-state index contributed by atoms with van der Waals surface area (Å²) in [6.07, 6.45) is 1.82. The molecule has 3 N–H and O–H groups in total. The number of aromatic nitrogens is 2. The molecule has 98 valence electrons. The molecule has 0 aliphatic heterocycles. The van der Waals surface area contributed by atoms with E-state index in [2.05, 4.69) is 9.97 Å². The molecule has 2 rings (SSSR count). The summed E-state index contributed by atoms with van der Waals surface area (Å²) in [5.74, 6) is -1.51. The SMILES string of the molecule is N=Cc1cc(COc2ncc(F)c(N)n2)ccc1F. The predicted octanol–water partition coefficient (Wildman–Crippen LogP) is 1.91. The van der Waals surface area contributed by atoms with Crippen LogP contribution in [0.4, 0.5) is 14.6 Å². The molecule has 0 atom stereocenters. The van der Waals surface area contributed by atoms with Gasteiger partial charge >= 0.3 is 6.01 Å². The second-order valence-corrected chi connectivity index (χ2v) is 3.67. The van der Waals surface area contributed by atoms with Crippen LogP contribution >= 0.6 is 0 Å². The molecule has 7 heteroatoms. The third kappa shape index (κ3) is 3.01.